The highest BCUT2D eigenvalue weighted by molar-refractivity contribution is 6.30. The highest BCUT2D eigenvalue weighted by Gasteiger charge is 2.17. The molecule has 0 saturated carbocycles. The Balaban J connectivity index is 1.71. The number of hydrogen-bond acceptors (Lipinski definition) is 8. The summed E-state index contributed by atoms with van der Waals surface area (Å²) in [6.45, 7) is 1.14. The predicted octanol–water partition coefficient (Wildman–Crippen LogP) is 2.45. The normalized spacial score (nSPS) is 12.1. The molecule has 4 aromatic rings. The summed E-state index contributed by atoms with van der Waals surface area (Å²) in [5, 5.41) is 18.6. The van der Waals surface area contributed by atoms with Gasteiger partial charge in [-0.1, -0.05) is 30.7 Å². The molecule has 2 aromatic carbocycles. The van der Waals surface area contributed by atoms with Crippen LogP contribution in [0.2, 0.25) is 5.02 Å². The molecule has 0 spiro atoms. The molecule has 0 aliphatic heterocycles. The van der Waals surface area contributed by atoms with E-state index in [0.717, 1.165) is 4.57 Å². The van der Waals surface area contributed by atoms with E-state index < -0.39 is 23.3 Å². The number of carbonyl (C=O) groups is 1. The second kappa shape index (κ2) is 11.4. The van der Waals surface area contributed by atoms with Crippen LogP contribution in [0, 0.1) is 17.2 Å². The monoisotopic (exact) mass is 533 g/mol. The Kier molecular flexibility index (Phi) is 7.79. The second-order valence-corrected chi connectivity index (χ2v) is 8.59. The number of benzene rings is 2. The number of carboxylic acid groups (broad SMARTS) is 1. The maximum absolute atomic E-state index is 13.3. The first kappa shape index (κ1) is 26.1. The molecule has 4 rings (SSSR count). The highest BCUT2D eigenvalue weighted by Crippen LogP contribution is 2.22. The van der Waals surface area contributed by atoms with Gasteiger partial charge in [-0.15, -0.1) is 0 Å². The summed E-state index contributed by atoms with van der Waals surface area (Å²) >= 11 is 5.97. The zero-order valence-corrected chi connectivity index (χ0v) is 20.7. The number of aromatic amines is 1. The van der Waals surface area contributed by atoms with Crippen molar-refractivity contribution in [2.45, 2.75) is 20.0 Å². The fraction of sp³-hybridized carbons (Fsp3) is 0.160. The van der Waals surface area contributed by atoms with Crippen LogP contribution < -0.4 is 21.7 Å². The average Bonchev–Trinajstić information content (AvgIpc) is 2.91. The summed E-state index contributed by atoms with van der Waals surface area (Å²) in [6.07, 6.45) is 2.61. The Morgan fingerprint density at radius 2 is 1.84 bits per heavy atom. The Bertz CT molecular complexity index is 1680. The standard InChI is InChI=1S/C25H20ClN7O5/c1-15(22(34)35)13-33-24(36)31-23(32(25(33)37)14-16-2-4-17(26)5-3-16)30-18-6-8-20(9-7-18)38-21-12-28-19(10-27)11-29-21/h2-9,11-12,15H,13-14H2,1H3,(H,34,35)(H,30,31,36)/t15-/m0/s1. The summed E-state index contributed by atoms with van der Waals surface area (Å²) < 4.78 is 7.69. The fourth-order valence-corrected chi connectivity index (χ4v) is 3.45. The van der Waals surface area contributed by atoms with Gasteiger partial charge in [0.1, 0.15) is 11.8 Å². The van der Waals surface area contributed by atoms with Gasteiger partial charge in [0.25, 0.3) is 0 Å². The number of hydrogen-bond donors (Lipinski definition) is 2. The lowest BCUT2D eigenvalue weighted by molar-refractivity contribution is -0.141. The molecule has 0 bridgehead atoms. The van der Waals surface area contributed by atoms with Gasteiger partial charge in [0.15, 0.2) is 5.69 Å². The topological polar surface area (TPSA) is 168 Å². The van der Waals surface area contributed by atoms with Crippen LogP contribution in [-0.4, -0.2) is 35.2 Å². The van der Waals surface area contributed by atoms with Crippen molar-refractivity contribution in [2.24, 2.45) is 10.9 Å². The third-order valence-corrected chi connectivity index (χ3v) is 5.60. The zero-order chi connectivity index (χ0) is 27.2. The first-order valence-corrected chi connectivity index (χ1v) is 11.6. The van der Waals surface area contributed by atoms with Crippen LogP contribution in [0.3, 0.4) is 0 Å². The fourth-order valence-electron chi connectivity index (χ4n) is 3.33. The van der Waals surface area contributed by atoms with E-state index in [0.29, 0.717) is 22.0 Å². The van der Waals surface area contributed by atoms with E-state index in [1.807, 2.05) is 6.07 Å². The van der Waals surface area contributed by atoms with Crippen LogP contribution in [0.5, 0.6) is 11.6 Å². The molecule has 0 radical (unpaired) electrons. The van der Waals surface area contributed by atoms with Crippen molar-refractivity contribution in [3.05, 3.63) is 104 Å². The lowest BCUT2D eigenvalue weighted by Gasteiger charge is -2.13. The molecule has 13 heteroatoms. The molecule has 38 heavy (non-hydrogen) atoms. The molecule has 192 valence electrons. The lowest BCUT2D eigenvalue weighted by atomic mass is 10.2. The smallest absolute Gasteiger partial charge is 0.335 e. The molecule has 0 saturated heterocycles. The molecule has 0 unspecified atom stereocenters. The number of ether oxygens (including phenoxy) is 1. The van der Waals surface area contributed by atoms with Crippen molar-refractivity contribution in [3.8, 4) is 17.7 Å². The lowest BCUT2D eigenvalue weighted by Crippen LogP contribution is -2.51. The van der Waals surface area contributed by atoms with E-state index in [1.165, 1.54) is 23.9 Å². The van der Waals surface area contributed by atoms with Crippen molar-refractivity contribution >= 4 is 23.3 Å². The van der Waals surface area contributed by atoms with Crippen molar-refractivity contribution in [1.29, 1.82) is 5.26 Å². The van der Waals surface area contributed by atoms with Crippen LogP contribution in [0.25, 0.3) is 0 Å². The minimum Gasteiger partial charge on any atom is -0.481 e. The SMILES string of the molecule is C[C@@H](Cn1c(=O)[nH]/c(=N\c2ccc(Oc3cnc(C#N)cn3)cc2)n(Cc2ccc(Cl)cc2)c1=O)C(=O)O. The van der Waals surface area contributed by atoms with Gasteiger partial charge in [-0.2, -0.15) is 5.26 Å². The first-order valence-electron chi connectivity index (χ1n) is 11.2. The predicted molar refractivity (Wildman–Crippen MR) is 135 cm³/mol. The summed E-state index contributed by atoms with van der Waals surface area (Å²) in [4.78, 5) is 52.3. The third-order valence-electron chi connectivity index (χ3n) is 5.35. The van der Waals surface area contributed by atoms with Gasteiger partial charge in [-0.25, -0.2) is 29.1 Å². The van der Waals surface area contributed by atoms with Crippen LogP contribution in [0.4, 0.5) is 5.69 Å². The molecule has 2 N–H and O–H groups in total. The van der Waals surface area contributed by atoms with Crippen molar-refractivity contribution in [3.63, 3.8) is 0 Å². The van der Waals surface area contributed by atoms with Gasteiger partial charge in [0.05, 0.1) is 30.5 Å². The summed E-state index contributed by atoms with van der Waals surface area (Å²) in [6, 6.07) is 15.1. The Morgan fingerprint density at radius 1 is 1.13 bits per heavy atom. The molecule has 12 nitrogen and oxygen atoms in total. The molecular weight excluding hydrogens is 514 g/mol. The zero-order valence-electron chi connectivity index (χ0n) is 19.9. The number of nitriles is 1. The van der Waals surface area contributed by atoms with Crippen molar-refractivity contribution in [1.82, 2.24) is 24.1 Å². The van der Waals surface area contributed by atoms with Crippen molar-refractivity contribution < 1.29 is 14.6 Å². The maximum Gasteiger partial charge on any atom is 0.335 e. The number of rotatable bonds is 8. The minimum absolute atomic E-state index is 0.0270. The minimum atomic E-state index is -1.14. The number of aromatic nitrogens is 5. The molecule has 0 aliphatic carbocycles. The van der Waals surface area contributed by atoms with E-state index in [2.05, 4.69) is 19.9 Å². The molecular formula is C25H20ClN7O5. The van der Waals surface area contributed by atoms with E-state index in [4.69, 9.17) is 21.6 Å². The first-order chi connectivity index (χ1) is 18.2. The molecule has 0 fully saturated rings. The van der Waals surface area contributed by atoms with Crippen LogP contribution in [-0.2, 0) is 17.9 Å². The Morgan fingerprint density at radius 3 is 2.45 bits per heavy atom. The molecule has 2 aromatic heterocycles. The Hall–Kier alpha value is -5.02. The second-order valence-electron chi connectivity index (χ2n) is 8.16. The van der Waals surface area contributed by atoms with Gasteiger partial charge in [-0.05, 0) is 42.0 Å². The van der Waals surface area contributed by atoms with E-state index in [9.17, 15) is 19.5 Å². The number of carboxylic acids is 1. The molecule has 0 aliphatic rings. The highest BCUT2D eigenvalue weighted by atomic mass is 35.5. The summed E-state index contributed by atoms with van der Waals surface area (Å²) in [7, 11) is 0. The number of halogens is 1. The van der Waals surface area contributed by atoms with Gasteiger partial charge in [0.2, 0.25) is 11.5 Å². The molecule has 2 heterocycles. The maximum atomic E-state index is 13.3. The summed E-state index contributed by atoms with van der Waals surface area (Å²) in [5.41, 5.74) is -0.249. The van der Waals surface area contributed by atoms with Crippen molar-refractivity contribution in [2.75, 3.05) is 0 Å². The van der Waals surface area contributed by atoms with Crippen LogP contribution >= 0.6 is 11.6 Å². The Labute approximate surface area is 219 Å². The number of H-pyrrole nitrogens is 1. The van der Waals surface area contributed by atoms with E-state index in [1.54, 1.807) is 48.5 Å². The number of nitrogens with one attached hydrogen (secondary N) is 1. The largest absolute Gasteiger partial charge is 0.481 e. The molecule has 1 atom stereocenters. The van der Waals surface area contributed by atoms with Gasteiger partial charge in [-0.3, -0.25) is 14.3 Å². The quantitative estimate of drug-likeness (QED) is 0.348. The number of aliphatic carboxylic acids is 1. The van der Waals surface area contributed by atoms with Crippen LogP contribution in [0.1, 0.15) is 18.2 Å². The average molecular weight is 534 g/mol. The third kappa shape index (κ3) is 6.21. The van der Waals surface area contributed by atoms with Gasteiger partial charge >= 0.3 is 17.3 Å². The van der Waals surface area contributed by atoms with Gasteiger partial charge in [0, 0.05) is 11.6 Å². The van der Waals surface area contributed by atoms with E-state index in [-0.39, 0.29) is 30.3 Å². The van der Waals surface area contributed by atoms with E-state index >= 15 is 0 Å². The van der Waals surface area contributed by atoms with Crippen LogP contribution in [0.15, 0.2) is 75.5 Å². The number of nitrogens with zero attached hydrogens (tertiary/aromatic N) is 6. The molecule has 0 amide bonds. The summed E-state index contributed by atoms with van der Waals surface area (Å²) in [5.74, 6) is -1.49. The van der Waals surface area contributed by atoms with Gasteiger partial charge < -0.3 is 9.84 Å².